The summed E-state index contributed by atoms with van der Waals surface area (Å²) in [7, 11) is 0. The predicted molar refractivity (Wildman–Crippen MR) is 74.3 cm³/mol. The summed E-state index contributed by atoms with van der Waals surface area (Å²) in [5.74, 6) is -0.0148. The second kappa shape index (κ2) is 6.12. The maximum Gasteiger partial charge on any atom is 0.408 e. The molecule has 1 amide bonds. The third kappa shape index (κ3) is 4.96. The zero-order valence-electron chi connectivity index (χ0n) is 11.2. The standard InChI is InChI=1S/C13H19ClN2O3/c1-13(2,3)19-12(18)16-10(7-15)9-5-4-8(14)6-11(9)17/h4-6,10,17H,7,15H2,1-3H3,(H,16,18). The molecule has 1 aromatic rings. The van der Waals surface area contributed by atoms with E-state index in [4.69, 9.17) is 22.1 Å². The molecule has 1 rings (SSSR count). The number of carbonyl (C=O) groups is 1. The summed E-state index contributed by atoms with van der Waals surface area (Å²) < 4.78 is 5.14. The molecule has 0 aromatic heterocycles. The van der Waals surface area contributed by atoms with Crippen molar-refractivity contribution in [3.05, 3.63) is 28.8 Å². The normalized spacial score (nSPS) is 12.9. The van der Waals surface area contributed by atoms with Crippen molar-refractivity contribution >= 4 is 17.7 Å². The number of alkyl carbamates (subject to hydrolysis) is 1. The zero-order chi connectivity index (χ0) is 14.6. The van der Waals surface area contributed by atoms with Crippen LogP contribution in [0, 0.1) is 0 Å². The van der Waals surface area contributed by atoms with Crippen molar-refractivity contribution in [1.29, 1.82) is 0 Å². The molecule has 1 unspecified atom stereocenters. The maximum atomic E-state index is 11.7. The minimum atomic E-state index is -0.592. The first kappa shape index (κ1) is 15.6. The fourth-order valence-electron chi connectivity index (χ4n) is 1.52. The minimum absolute atomic E-state index is 0.0148. The lowest BCUT2D eigenvalue weighted by Gasteiger charge is -2.23. The van der Waals surface area contributed by atoms with Crippen molar-refractivity contribution in [2.75, 3.05) is 6.54 Å². The van der Waals surface area contributed by atoms with Gasteiger partial charge in [-0.25, -0.2) is 4.79 Å². The summed E-state index contributed by atoms with van der Waals surface area (Å²) in [5.41, 5.74) is 5.52. The highest BCUT2D eigenvalue weighted by Gasteiger charge is 2.21. The van der Waals surface area contributed by atoms with Crippen LogP contribution in [0.2, 0.25) is 5.02 Å². The molecule has 106 valence electrons. The second-order valence-electron chi connectivity index (χ2n) is 5.14. The highest BCUT2D eigenvalue weighted by molar-refractivity contribution is 6.30. The fraction of sp³-hybridized carbons (Fsp3) is 0.462. The van der Waals surface area contributed by atoms with Crippen molar-refractivity contribution in [2.24, 2.45) is 5.73 Å². The first-order chi connectivity index (χ1) is 8.73. The Labute approximate surface area is 117 Å². The summed E-state index contributed by atoms with van der Waals surface area (Å²) in [6.45, 7) is 5.44. The SMILES string of the molecule is CC(C)(C)OC(=O)NC(CN)c1ccc(Cl)cc1O. The highest BCUT2D eigenvalue weighted by Crippen LogP contribution is 2.27. The number of rotatable bonds is 3. The first-order valence-electron chi connectivity index (χ1n) is 5.91. The molecule has 0 saturated heterocycles. The van der Waals surface area contributed by atoms with Crippen molar-refractivity contribution in [1.82, 2.24) is 5.32 Å². The van der Waals surface area contributed by atoms with Crippen LogP contribution >= 0.6 is 11.6 Å². The van der Waals surface area contributed by atoms with Crippen LogP contribution in [0.4, 0.5) is 4.79 Å². The minimum Gasteiger partial charge on any atom is -0.508 e. The monoisotopic (exact) mass is 286 g/mol. The average molecular weight is 287 g/mol. The smallest absolute Gasteiger partial charge is 0.408 e. The Bertz CT molecular complexity index is 458. The Morgan fingerprint density at radius 3 is 2.63 bits per heavy atom. The number of benzene rings is 1. The van der Waals surface area contributed by atoms with E-state index in [1.54, 1.807) is 32.9 Å². The van der Waals surface area contributed by atoms with Gasteiger partial charge in [-0.1, -0.05) is 17.7 Å². The molecule has 1 aromatic carbocycles. The zero-order valence-corrected chi connectivity index (χ0v) is 12.0. The van der Waals surface area contributed by atoms with Crippen LogP contribution in [-0.4, -0.2) is 23.3 Å². The van der Waals surface area contributed by atoms with Gasteiger partial charge in [0.15, 0.2) is 0 Å². The van der Waals surface area contributed by atoms with Gasteiger partial charge in [0, 0.05) is 17.1 Å². The van der Waals surface area contributed by atoms with Gasteiger partial charge in [-0.05, 0) is 32.9 Å². The van der Waals surface area contributed by atoms with E-state index in [1.807, 2.05) is 0 Å². The molecule has 19 heavy (non-hydrogen) atoms. The number of hydrogen-bond donors (Lipinski definition) is 3. The molecule has 1 atom stereocenters. The van der Waals surface area contributed by atoms with Gasteiger partial charge in [0.1, 0.15) is 11.4 Å². The molecule has 4 N–H and O–H groups in total. The fourth-order valence-corrected chi connectivity index (χ4v) is 1.69. The van der Waals surface area contributed by atoms with Crippen molar-refractivity contribution in [3.8, 4) is 5.75 Å². The summed E-state index contributed by atoms with van der Waals surface area (Å²) in [4.78, 5) is 11.7. The molecule has 0 saturated carbocycles. The Hall–Kier alpha value is -1.46. The number of aromatic hydroxyl groups is 1. The summed E-state index contributed by atoms with van der Waals surface area (Å²) >= 11 is 5.75. The van der Waals surface area contributed by atoms with Gasteiger partial charge in [-0.3, -0.25) is 0 Å². The lowest BCUT2D eigenvalue weighted by molar-refractivity contribution is 0.0505. The van der Waals surface area contributed by atoms with Crippen LogP contribution in [0.15, 0.2) is 18.2 Å². The third-order valence-electron chi connectivity index (χ3n) is 2.29. The lowest BCUT2D eigenvalue weighted by Crippen LogP contribution is -2.37. The lowest BCUT2D eigenvalue weighted by atomic mass is 10.1. The topological polar surface area (TPSA) is 84.6 Å². The van der Waals surface area contributed by atoms with Crippen LogP contribution in [0.3, 0.4) is 0 Å². The molecular formula is C13H19ClN2O3. The van der Waals surface area contributed by atoms with E-state index in [-0.39, 0.29) is 12.3 Å². The quantitative estimate of drug-likeness (QED) is 0.797. The molecule has 0 aliphatic rings. The molecule has 0 bridgehead atoms. The Morgan fingerprint density at radius 2 is 2.16 bits per heavy atom. The van der Waals surface area contributed by atoms with Gasteiger partial charge in [0.2, 0.25) is 0 Å². The van der Waals surface area contributed by atoms with Gasteiger partial charge < -0.3 is 20.9 Å². The number of phenols is 1. The van der Waals surface area contributed by atoms with E-state index < -0.39 is 17.7 Å². The van der Waals surface area contributed by atoms with E-state index in [0.717, 1.165) is 0 Å². The first-order valence-corrected chi connectivity index (χ1v) is 6.28. The Balaban J connectivity index is 2.81. The van der Waals surface area contributed by atoms with Crippen molar-refractivity contribution in [3.63, 3.8) is 0 Å². The molecule has 0 heterocycles. The second-order valence-corrected chi connectivity index (χ2v) is 5.57. The number of nitrogens with one attached hydrogen (secondary N) is 1. The van der Waals surface area contributed by atoms with Gasteiger partial charge in [0.25, 0.3) is 0 Å². The number of carbonyl (C=O) groups excluding carboxylic acids is 1. The largest absolute Gasteiger partial charge is 0.508 e. The van der Waals surface area contributed by atoms with E-state index in [1.165, 1.54) is 6.07 Å². The number of nitrogens with two attached hydrogens (primary N) is 1. The molecule has 0 aliphatic carbocycles. The molecule has 6 heteroatoms. The number of amides is 1. The van der Waals surface area contributed by atoms with E-state index in [9.17, 15) is 9.90 Å². The van der Waals surface area contributed by atoms with Crippen molar-refractivity contribution < 1.29 is 14.6 Å². The number of phenolic OH excluding ortho intramolecular Hbond substituents is 1. The molecule has 0 radical (unpaired) electrons. The molecule has 0 fully saturated rings. The maximum absolute atomic E-state index is 11.7. The third-order valence-corrected chi connectivity index (χ3v) is 2.53. The number of ether oxygens (including phenoxy) is 1. The van der Waals surface area contributed by atoms with E-state index in [0.29, 0.717) is 10.6 Å². The molecule has 0 spiro atoms. The Kier molecular flexibility index (Phi) is 5.03. The summed E-state index contributed by atoms with van der Waals surface area (Å²) in [6.07, 6.45) is -0.586. The van der Waals surface area contributed by atoms with E-state index in [2.05, 4.69) is 5.32 Å². The van der Waals surface area contributed by atoms with Gasteiger partial charge in [-0.15, -0.1) is 0 Å². The van der Waals surface area contributed by atoms with Crippen molar-refractivity contribution in [2.45, 2.75) is 32.4 Å². The van der Waals surface area contributed by atoms with Gasteiger partial charge in [-0.2, -0.15) is 0 Å². The average Bonchev–Trinajstić information content (AvgIpc) is 2.24. The Morgan fingerprint density at radius 1 is 1.53 bits per heavy atom. The summed E-state index contributed by atoms with van der Waals surface area (Å²) in [5, 5.41) is 12.8. The van der Waals surface area contributed by atoms with Crippen LogP contribution in [0.5, 0.6) is 5.75 Å². The van der Waals surface area contributed by atoms with Crippen LogP contribution in [-0.2, 0) is 4.74 Å². The van der Waals surface area contributed by atoms with Crippen LogP contribution < -0.4 is 11.1 Å². The molecular weight excluding hydrogens is 268 g/mol. The van der Waals surface area contributed by atoms with Crippen LogP contribution in [0.1, 0.15) is 32.4 Å². The molecule has 5 nitrogen and oxygen atoms in total. The number of hydrogen-bond acceptors (Lipinski definition) is 4. The van der Waals surface area contributed by atoms with Crippen LogP contribution in [0.25, 0.3) is 0 Å². The van der Waals surface area contributed by atoms with Gasteiger partial charge in [0.05, 0.1) is 6.04 Å². The number of halogens is 1. The van der Waals surface area contributed by atoms with E-state index >= 15 is 0 Å². The highest BCUT2D eigenvalue weighted by atomic mass is 35.5. The molecule has 0 aliphatic heterocycles. The predicted octanol–water partition coefficient (Wildman–Crippen LogP) is 2.57. The van der Waals surface area contributed by atoms with Gasteiger partial charge >= 0.3 is 6.09 Å². The summed E-state index contributed by atoms with van der Waals surface area (Å²) in [6, 6.07) is 4.10.